The molecule has 1 aliphatic heterocycles. The van der Waals surface area contributed by atoms with Crippen molar-refractivity contribution in [2.75, 3.05) is 18.0 Å². The highest BCUT2D eigenvalue weighted by Crippen LogP contribution is 2.38. The molecule has 1 aromatic rings. The van der Waals surface area contributed by atoms with Gasteiger partial charge in [0.25, 0.3) is 0 Å². The molecule has 1 fully saturated rings. The number of benzene rings is 1. The van der Waals surface area contributed by atoms with E-state index < -0.39 is 5.97 Å². The van der Waals surface area contributed by atoms with E-state index in [1.165, 1.54) is 12.8 Å². The molecule has 0 radical (unpaired) electrons. The molecule has 1 atom stereocenters. The molecule has 1 aliphatic carbocycles. The third-order valence-electron chi connectivity index (χ3n) is 3.81. The quantitative estimate of drug-likeness (QED) is 0.868. The summed E-state index contributed by atoms with van der Waals surface area (Å²) >= 11 is 0. The summed E-state index contributed by atoms with van der Waals surface area (Å²) in [4.78, 5) is 13.6. The van der Waals surface area contributed by atoms with Crippen LogP contribution in [0.4, 0.5) is 5.69 Å². The van der Waals surface area contributed by atoms with Crippen molar-refractivity contribution in [2.45, 2.75) is 25.2 Å². The number of carboxylic acid groups (broad SMARTS) is 1. The number of anilines is 1. The molecule has 1 aromatic carbocycles. The van der Waals surface area contributed by atoms with Crippen molar-refractivity contribution < 1.29 is 9.90 Å². The summed E-state index contributed by atoms with van der Waals surface area (Å²) in [5, 5.41) is 9.25. The highest BCUT2D eigenvalue weighted by atomic mass is 16.4. The fraction of sp³-hybridized carbons (Fsp3) is 0.500. The van der Waals surface area contributed by atoms with Gasteiger partial charge in [0.1, 0.15) is 0 Å². The van der Waals surface area contributed by atoms with E-state index in [4.69, 9.17) is 0 Å². The second-order valence-corrected chi connectivity index (χ2v) is 5.13. The van der Waals surface area contributed by atoms with E-state index in [-0.39, 0.29) is 5.92 Å². The lowest BCUT2D eigenvalue weighted by molar-refractivity contribution is -0.139. The van der Waals surface area contributed by atoms with Crippen molar-refractivity contribution in [1.29, 1.82) is 0 Å². The molecule has 3 heteroatoms. The van der Waals surface area contributed by atoms with Crippen molar-refractivity contribution in [3.8, 4) is 0 Å². The van der Waals surface area contributed by atoms with E-state index in [1.54, 1.807) is 0 Å². The van der Waals surface area contributed by atoms with Gasteiger partial charge in [-0.3, -0.25) is 4.79 Å². The van der Waals surface area contributed by atoms with Crippen LogP contribution in [0.1, 0.15) is 30.7 Å². The Balaban J connectivity index is 1.91. The van der Waals surface area contributed by atoms with Crippen LogP contribution in [0.5, 0.6) is 0 Å². The highest BCUT2D eigenvalue weighted by Gasteiger charge is 2.32. The van der Waals surface area contributed by atoms with E-state index in [1.807, 2.05) is 18.2 Å². The number of para-hydroxylation sites is 1. The van der Waals surface area contributed by atoms with E-state index in [0.29, 0.717) is 0 Å². The van der Waals surface area contributed by atoms with Crippen LogP contribution < -0.4 is 4.90 Å². The van der Waals surface area contributed by atoms with Crippen molar-refractivity contribution in [1.82, 2.24) is 0 Å². The summed E-state index contributed by atoms with van der Waals surface area (Å²) < 4.78 is 0. The molecule has 1 saturated carbocycles. The molecular weight excluding hydrogens is 214 g/mol. The predicted octanol–water partition coefficient (Wildman–Crippen LogP) is 2.47. The Labute approximate surface area is 101 Å². The van der Waals surface area contributed by atoms with Crippen LogP contribution >= 0.6 is 0 Å². The zero-order chi connectivity index (χ0) is 11.8. The molecule has 0 spiro atoms. The van der Waals surface area contributed by atoms with Gasteiger partial charge >= 0.3 is 5.97 Å². The smallest absolute Gasteiger partial charge is 0.311 e. The zero-order valence-electron chi connectivity index (χ0n) is 9.80. The van der Waals surface area contributed by atoms with Crippen molar-refractivity contribution in [3.05, 3.63) is 29.8 Å². The van der Waals surface area contributed by atoms with Gasteiger partial charge in [0.15, 0.2) is 0 Å². The largest absolute Gasteiger partial charge is 0.481 e. The van der Waals surface area contributed by atoms with Gasteiger partial charge in [-0.25, -0.2) is 0 Å². The number of hydrogen-bond acceptors (Lipinski definition) is 2. The number of hydrogen-bond donors (Lipinski definition) is 1. The average molecular weight is 231 g/mol. The molecule has 0 bridgehead atoms. The molecule has 3 nitrogen and oxygen atoms in total. The van der Waals surface area contributed by atoms with Crippen LogP contribution in [0.2, 0.25) is 0 Å². The SMILES string of the molecule is O=C(O)[C@H]1CCN(CC2CC2)c2ccccc21. The zero-order valence-corrected chi connectivity index (χ0v) is 9.80. The normalized spacial score (nSPS) is 23.3. The summed E-state index contributed by atoms with van der Waals surface area (Å²) in [6.45, 7) is 1.98. The van der Waals surface area contributed by atoms with Crippen LogP contribution in [0.25, 0.3) is 0 Å². The maximum Gasteiger partial charge on any atom is 0.311 e. The maximum absolute atomic E-state index is 11.2. The van der Waals surface area contributed by atoms with Crippen LogP contribution in [-0.4, -0.2) is 24.2 Å². The van der Waals surface area contributed by atoms with E-state index in [2.05, 4.69) is 11.0 Å². The van der Waals surface area contributed by atoms with Gasteiger partial charge in [0.05, 0.1) is 5.92 Å². The first-order chi connectivity index (χ1) is 8.25. The second-order valence-electron chi connectivity index (χ2n) is 5.13. The Morgan fingerprint density at radius 3 is 2.76 bits per heavy atom. The van der Waals surface area contributed by atoms with Gasteiger partial charge in [-0.1, -0.05) is 18.2 Å². The number of carbonyl (C=O) groups is 1. The number of nitrogens with zero attached hydrogens (tertiary/aromatic N) is 1. The standard InChI is InChI=1S/C14H17NO2/c16-14(17)12-7-8-15(9-10-5-6-10)13-4-2-1-3-11(12)13/h1-4,10,12H,5-9H2,(H,16,17)/t12-/m0/s1. The third-order valence-corrected chi connectivity index (χ3v) is 3.81. The summed E-state index contributed by atoms with van der Waals surface area (Å²) in [5.74, 6) is -0.172. The molecule has 0 amide bonds. The first-order valence-corrected chi connectivity index (χ1v) is 6.32. The minimum absolute atomic E-state index is 0.318. The van der Waals surface area contributed by atoms with Crippen molar-refractivity contribution in [3.63, 3.8) is 0 Å². The molecule has 2 aliphatic rings. The Kier molecular flexibility index (Phi) is 2.54. The van der Waals surface area contributed by atoms with E-state index >= 15 is 0 Å². The molecule has 90 valence electrons. The monoisotopic (exact) mass is 231 g/mol. The average Bonchev–Trinajstić information content (AvgIpc) is 3.13. The third kappa shape index (κ3) is 2.02. The fourth-order valence-corrected chi connectivity index (χ4v) is 2.69. The Bertz CT molecular complexity index is 440. The summed E-state index contributed by atoms with van der Waals surface area (Å²) in [6, 6.07) is 7.97. The van der Waals surface area contributed by atoms with Gasteiger partial charge in [0, 0.05) is 18.8 Å². The Morgan fingerprint density at radius 2 is 2.06 bits per heavy atom. The van der Waals surface area contributed by atoms with Gasteiger partial charge in [0.2, 0.25) is 0 Å². The summed E-state index contributed by atoms with van der Waals surface area (Å²) in [7, 11) is 0. The molecule has 0 unspecified atom stereocenters. The molecule has 3 rings (SSSR count). The van der Waals surface area contributed by atoms with Gasteiger partial charge < -0.3 is 10.0 Å². The molecule has 1 N–H and O–H groups in total. The lowest BCUT2D eigenvalue weighted by atomic mass is 9.90. The lowest BCUT2D eigenvalue weighted by Gasteiger charge is -2.34. The number of rotatable bonds is 3. The van der Waals surface area contributed by atoms with Crippen LogP contribution in [0, 0.1) is 5.92 Å². The first-order valence-electron chi connectivity index (χ1n) is 6.32. The Morgan fingerprint density at radius 1 is 1.29 bits per heavy atom. The minimum atomic E-state index is -0.691. The molecule has 1 heterocycles. The van der Waals surface area contributed by atoms with Crippen LogP contribution in [0.15, 0.2) is 24.3 Å². The van der Waals surface area contributed by atoms with Crippen LogP contribution in [-0.2, 0) is 4.79 Å². The van der Waals surface area contributed by atoms with Crippen molar-refractivity contribution >= 4 is 11.7 Å². The summed E-state index contributed by atoms with van der Waals surface area (Å²) in [5.41, 5.74) is 2.13. The number of fused-ring (bicyclic) bond motifs is 1. The van der Waals surface area contributed by atoms with Crippen molar-refractivity contribution in [2.24, 2.45) is 5.92 Å². The molecular formula is C14H17NO2. The van der Waals surface area contributed by atoms with Gasteiger partial charge in [-0.15, -0.1) is 0 Å². The maximum atomic E-state index is 11.2. The minimum Gasteiger partial charge on any atom is -0.481 e. The van der Waals surface area contributed by atoms with Gasteiger partial charge in [-0.05, 0) is 36.8 Å². The molecule has 0 saturated heterocycles. The fourth-order valence-electron chi connectivity index (χ4n) is 2.69. The highest BCUT2D eigenvalue weighted by molar-refractivity contribution is 5.80. The topological polar surface area (TPSA) is 40.5 Å². The molecule has 17 heavy (non-hydrogen) atoms. The Hall–Kier alpha value is -1.51. The lowest BCUT2D eigenvalue weighted by Crippen LogP contribution is -2.34. The van der Waals surface area contributed by atoms with E-state index in [9.17, 15) is 9.90 Å². The molecule has 0 aromatic heterocycles. The number of carboxylic acids is 1. The predicted molar refractivity (Wildman–Crippen MR) is 66.4 cm³/mol. The van der Waals surface area contributed by atoms with Gasteiger partial charge in [-0.2, -0.15) is 0 Å². The number of aliphatic carboxylic acids is 1. The first kappa shape index (κ1) is 10.6. The second kappa shape index (κ2) is 4.06. The summed E-state index contributed by atoms with van der Waals surface area (Å²) in [6.07, 6.45) is 3.40. The van der Waals surface area contributed by atoms with Crippen LogP contribution in [0.3, 0.4) is 0 Å². The van der Waals surface area contributed by atoms with E-state index in [0.717, 1.165) is 36.7 Å².